The van der Waals surface area contributed by atoms with Crippen molar-refractivity contribution in [2.75, 3.05) is 23.8 Å². The summed E-state index contributed by atoms with van der Waals surface area (Å²) >= 11 is 10.0. The van der Waals surface area contributed by atoms with E-state index in [1.165, 1.54) is 6.08 Å². The van der Waals surface area contributed by atoms with Crippen molar-refractivity contribution in [2.45, 2.75) is 0 Å². The Morgan fingerprint density at radius 1 is 0.946 bits per heavy atom. The summed E-state index contributed by atoms with van der Waals surface area (Å²) in [6.45, 7) is -0.699. The number of amides is 4. The van der Waals surface area contributed by atoms with E-state index in [0.29, 0.717) is 32.2 Å². The average Bonchev–Trinajstić information content (AvgIpc) is 3.13. The lowest BCUT2D eigenvalue weighted by Crippen LogP contribution is -2.36. The molecule has 1 fully saturated rings. The van der Waals surface area contributed by atoms with Crippen LogP contribution < -0.4 is 15.4 Å². The largest absolute Gasteiger partial charge is 0.483 e. The van der Waals surface area contributed by atoms with Gasteiger partial charge >= 0.3 is 0 Å². The lowest BCUT2D eigenvalue weighted by Gasteiger charge is -2.13. The molecule has 1 aliphatic rings. The second-order valence-electron chi connectivity index (χ2n) is 7.69. The molecule has 4 amide bonds. The number of anilines is 2. The molecule has 0 radical (unpaired) electrons. The maximum Gasteiger partial charge on any atom is 0.294 e. The monoisotopic (exact) mass is 599 g/mol. The van der Waals surface area contributed by atoms with Gasteiger partial charge in [-0.05, 0) is 70.2 Å². The number of ether oxygens (including phenoxy) is 1. The fourth-order valence-corrected chi connectivity index (χ4v) is 4.54. The number of carbonyl (C=O) groups excluding carboxylic acids is 4. The van der Waals surface area contributed by atoms with E-state index in [0.717, 1.165) is 16.7 Å². The summed E-state index contributed by atoms with van der Waals surface area (Å²) in [6, 6.07) is 20.7. The van der Waals surface area contributed by atoms with Crippen LogP contribution in [0.15, 0.2) is 82.2 Å². The minimum absolute atomic E-state index is 0.134. The smallest absolute Gasteiger partial charge is 0.294 e. The number of halogens is 2. The van der Waals surface area contributed by atoms with Crippen molar-refractivity contribution in [3.63, 3.8) is 0 Å². The molecule has 37 heavy (non-hydrogen) atoms. The van der Waals surface area contributed by atoms with Crippen LogP contribution in [-0.4, -0.2) is 41.0 Å². The molecule has 188 valence electrons. The molecule has 8 nitrogen and oxygen atoms in total. The Hall–Kier alpha value is -3.60. The van der Waals surface area contributed by atoms with E-state index in [4.69, 9.17) is 16.3 Å². The van der Waals surface area contributed by atoms with E-state index in [1.807, 2.05) is 6.07 Å². The number of hydrogen-bond donors (Lipinski definition) is 2. The van der Waals surface area contributed by atoms with Gasteiger partial charge in [0.25, 0.3) is 17.1 Å². The molecule has 1 aliphatic heterocycles. The first-order chi connectivity index (χ1) is 17.8. The van der Waals surface area contributed by atoms with Crippen molar-refractivity contribution in [3.8, 4) is 5.75 Å². The van der Waals surface area contributed by atoms with Crippen molar-refractivity contribution >= 4 is 79.7 Å². The van der Waals surface area contributed by atoms with E-state index in [1.54, 1.807) is 66.7 Å². The Balaban J connectivity index is 1.40. The molecule has 0 aliphatic carbocycles. The maximum absolute atomic E-state index is 12.9. The maximum atomic E-state index is 12.9. The molecule has 0 unspecified atom stereocenters. The standard InChI is InChI=1S/C26H19BrClN3O5S/c27-19-11-10-18(13-20(19)28)30-23(32)14-31-25(34)22(37-26(31)35)12-16-6-4-5-9-21(16)36-15-24(33)29-17-7-2-1-3-8-17/h1-13H,14-15H2,(H,29,33)(H,30,32)/b22-12+. The van der Waals surface area contributed by atoms with Crippen LogP contribution in [0.3, 0.4) is 0 Å². The van der Waals surface area contributed by atoms with Crippen LogP contribution in [0, 0.1) is 0 Å². The SMILES string of the molecule is O=C(COc1ccccc1/C=C1/SC(=O)N(CC(=O)Nc2ccc(Br)c(Cl)c2)C1=O)Nc1ccccc1. The van der Waals surface area contributed by atoms with E-state index in [2.05, 4.69) is 26.6 Å². The van der Waals surface area contributed by atoms with Gasteiger partial charge in [0, 0.05) is 21.4 Å². The van der Waals surface area contributed by atoms with Gasteiger partial charge in [0.2, 0.25) is 5.91 Å². The molecule has 0 bridgehead atoms. The Morgan fingerprint density at radius 3 is 2.41 bits per heavy atom. The molecule has 11 heteroatoms. The molecule has 0 saturated carbocycles. The number of rotatable bonds is 8. The summed E-state index contributed by atoms with van der Waals surface area (Å²) in [6.07, 6.45) is 1.50. The lowest BCUT2D eigenvalue weighted by molar-refractivity contribution is -0.127. The zero-order valence-corrected chi connectivity index (χ0v) is 22.2. The average molecular weight is 601 g/mol. The number of hydrogen-bond acceptors (Lipinski definition) is 6. The van der Waals surface area contributed by atoms with Crippen molar-refractivity contribution in [1.82, 2.24) is 4.90 Å². The molecule has 0 atom stereocenters. The second-order valence-corrected chi connectivity index (χ2v) is 9.94. The summed E-state index contributed by atoms with van der Waals surface area (Å²) in [5.41, 5.74) is 1.59. The fraction of sp³-hybridized carbons (Fsp3) is 0.0769. The van der Waals surface area contributed by atoms with Gasteiger partial charge in [0.05, 0.1) is 9.93 Å². The molecule has 0 aromatic heterocycles. The molecule has 3 aromatic rings. The molecule has 3 aromatic carbocycles. The highest BCUT2D eigenvalue weighted by Gasteiger charge is 2.36. The number of imide groups is 1. The zero-order chi connectivity index (χ0) is 26.4. The molecule has 1 saturated heterocycles. The van der Waals surface area contributed by atoms with Gasteiger partial charge in [0.15, 0.2) is 6.61 Å². The van der Waals surface area contributed by atoms with Crippen LogP contribution in [0.4, 0.5) is 16.2 Å². The van der Waals surface area contributed by atoms with Crippen LogP contribution in [0.2, 0.25) is 5.02 Å². The molecular weight excluding hydrogens is 582 g/mol. The highest BCUT2D eigenvalue weighted by atomic mass is 79.9. The minimum Gasteiger partial charge on any atom is -0.483 e. The number of thioether (sulfide) groups is 1. The third kappa shape index (κ3) is 7.00. The van der Waals surface area contributed by atoms with Crippen molar-refractivity contribution in [2.24, 2.45) is 0 Å². The number of benzene rings is 3. The van der Waals surface area contributed by atoms with Crippen LogP contribution in [0.5, 0.6) is 5.75 Å². The van der Waals surface area contributed by atoms with E-state index in [-0.39, 0.29) is 17.4 Å². The fourth-order valence-electron chi connectivity index (χ4n) is 3.29. The molecule has 4 rings (SSSR count). The van der Waals surface area contributed by atoms with E-state index < -0.39 is 23.6 Å². The number of para-hydroxylation sites is 2. The zero-order valence-electron chi connectivity index (χ0n) is 19.1. The number of carbonyl (C=O) groups is 4. The summed E-state index contributed by atoms with van der Waals surface area (Å²) in [4.78, 5) is 51.1. The molecular formula is C26H19BrClN3O5S. The normalized spacial score (nSPS) is 14.1. The first-order valence-electron chi connectivity index (χ1n) is 10.9. The predicted octanol–water partition coefficient (Wildman–Crippen LogP) is 5.80. The van der Waals surface area contributed by atoms with Crippen LogP contribution in [-0.2, 0) is 14.4 Å². The molecule has 0 spiro atoms. The first-order valence-corrected chi connectivity index (χ1v) is 12.9. The Kier molecular flexibility index (Phi) is 8.65. The first kappa shape index (κ1) is 26.5. The van der Waals surface area contributed by atoms with Gasteiger partial charge in [-0.25, -0.2) is 0 Å². The topological polar surface area (TPSA) is 105 Å². The quantitative estimate of drug-likeness (QED) is 0.317. The second kappa shape index (κ2) is 12.1. The van der Waals surface area contributed by atoms with Gasteiger partial charge < -0.3 is 15.4 Å². The molecule has 1 heterocycles. The number of nitrogens with one attached hydrogen (secondary N) is 2. The predicted molar refractivity (Wildman–Crippen MR) is 147 cm³/mol. The number of nitrogens with zero attached hydrogens (tertiary/aromatic N) is 1. The minimum atomic E-state index is -0.601. The highest BCUT2D eigenvalue weighted by Crippen LogP contribution is 2.34. The summed E-state index contributed by atoms with van der Waals surface area (Å²) in [5.74, 6) is -1.13. The van der Waals surface area contributed by atoms with E-state index >= 15 is 0 Å². The van der Waals surface area contributed by atoms with Gasteiger partial charge in [-0.15, -0.1) is 0 Å². The van der Waals surface area contributed by atoms with Gasteiger partial charge in [-0.1, -0.05) is 48.0 Å². The molecule has 2 N–H and O–H groups in total. The van der Waals surface area contributed by atoms with Crippen LogP contribution in [0.25, 0.3) is 6.08 Å². The summed E-state index contributed by atoms with van der Waals surface area (Å²) < 4.78 is 6.34. The van der Waals surface area contributed by atoms with Gasteiger partial charge in [-0.3, -0.25) is 24.1 Å². The van der Waals surface area contributed by atoms with E-state index in [9.17, 15) is 19.2 Å². The Labute approximate surface area is 230 Å². The van der Waals surface area contributed by atoms with Crippen molar-refractivity contribution < 1.29 is 23.9 Å². The van der Waals surface area contributed by atoms with Crippen molar-refractivity contribution in [3.05, 3.63) is 92.8 Å². The van der Waals surface area contributed by atoms with Crippen molar-refractivity contribution in [1.29, 1.82) is 0 Å². The third-order valence-corrected chi connectivity index (χ3v) is 7.14. The van der Waals surface area contributed by atoms with Gasteiger partial charge in [-0.2, -0.15) is 0 Å². The lowest BCUT2D eigenvalue weighted by atomic mass is 10.2. The van der Waals surface area contributed by atoms with Gasteiger partial charge in [0.1, 0.15) is 12.3 Å². The van der Waals surface area contributed by atoms with Crippen LogP contribution in [0.1, 0.15) is 5.56 Å². The summed E-state index contributed by atoms with van der Waals surface area (Å²) in [7, 11) is 0. The Morgan fingerprint density at radius 2 is 1.65 bits per heavy atom. The summed E-state index contributed by atoms with van der Waals surface area (Å²) in [5, 5.41) is 5.19. The highest BCUT2D eigenvalue weighted by molar-refractivity contribution is 9.10. The Bertz CT molecular complexity index is 1400. The van der Waals surface area contributed by atoms with Crippen LogP contribution >= 0.6 is 39.3 Å². The third-order valence-electron chi connectivity index (χ3n) is 5.00.